The molecule has 0 aliphatic carbocycles. The van der Waals surface area contributed by atoms with Crippen LogP contribution >= 0.6 is 11.8 Å². The molecular formula is C25H24N2O3S. The number of rotatable bonds is 8. The normalized spacial score (nSPS) is 11.7. The molecule has 0 aromatic heterocycles. The average Bonchev–Trinajstić information content (AvgIpc) is 2.79. The molecule has 0 aliphatic heterocycles. The topological polar surface area (TPSA) is 67.4 Å². The molecule has 3 aromatic rings. The van der Waals surface area contributed by atoms with Crippen molar-refractivity contribution in [2.45, 2.75) is 17.1 Å². The third-order valence-corrected chi connectivity index (χ3v) is 5.47. The Hall–Kier alpha value is -3.51. The highest BCUT2D eigenvalue weighted by Crippen LogP contribution is 2.28. The highest BCUT2D eigenvalue weighted by atomic mass is 32.2. The van der Waals surface area contributed by atoms with Crippen LogP contribution in [0.5, 0.6) is 5.75 Å². The molecule has 3 aromatic carbocycles. The Morgan fingerprint density at radius 2 is 1.68 bits per heavy atom. The molecule has 0 fully saturated rings. The standard InChI is InChI=1S/C25H24N2O3S/c1-18(25(29)27-22-13-6-7-14-23(22)30-2)31-21-12-8-11-20(17-21)26-24(28)16-15-19-9-4-3-5-10-19/h3-18H,1-2H3,(H,26,28)(H,27,29)/b16-15+. The molecule has 6 heteroatoms. The van der Waals surface area contributed by atoms with E-state index in [1.54, 1.807) is 25.3 Å². The fourth-order valence-electron chi connectivity index (χ4n) is 2.81. The lowest BCUT2D eigenvalue weighted by Crippen LogP contribution is -2.22. The summed E-state index contributed by atoms with van der Waals surface area (Å²) in [4.78, 5) is 25.7. The van der Waals surface area contributed by atoms with Gasteiger partial charge in [0.25, 0.3) is 0 Å². The first-order valence-corrected chi connectivity index (χ1v) is 10.7. The first-order chi connectivity index (χ1) is 15.0. The smallest absolute Gasteiger partial charge is 0.248 e. The number of hydrogen-bond acceptors (Lipinski definition) is 4. The summed E-state index contributed by atoms with van der Waals surface area (Å²) in [6.45, 7) is 1.84. The maximum Gasteiger partial charge on any atom is 0.248 e. The average molecular weight is 433 g/mol. The molecule has 0 aliphatic rings. The fraction of sp³-hybridized carbons (Fsp3) is 0.120. The Morgan fingerprint density at radius 1 is 0.935 bits per heavy atom. The minimum atomic E-state index is -0.339. The molecular weight excluding hydrogens is 408 g/mol. The maximum atomic E-state index is 12.6. The summed E-state index contributed by atoms with van der Waals surface area (Å²) in [5, 5.41) is 5.41. The van der Waals surface area contributed by atoms with E-state index in [-0.39, 0.29) is 17.1 Å². The zero-order valence-corrected chi connectivity index (χ0v) is 18.2. The minimum Gasteiger partial charge on any atom is -0.495 e. The van der Waals surface area contributed by atoms with E-state index in [0.29, 0.717) is 17.1 Å². The quantitative estimate of drug-likeness (QED) is 0.366. The molecule has 0 spiro atoms. The number of carbonyl (C=O) groups excluding carboxylic acids is 2. The number of methoxy groups -OCH3 is 1. The van der Waals surface area contributed by atoms with Crippen LogP contribution in [0.2, 0.25) is 0 Å². The first kappa shape index (κ1) is 22.2. The Balaban J connectivity index is 1.58. The zero-order chi connectivity index (χ0) is 22.1. The highest BCUT2D eigenvalue weighted by Gasteiger charge is 2.16. The SMILES string of the molecule is COc1ccccc1NC(=O)C(C)Sc1cccc(NC(=O)/C=C/c2ccccc2)c1. The molecule has 0 heterocycles. The molecule has 5 nitrogen and oxygen atoms in total. The number of thioether (sulfide) groups is 1. The summed E-state index contributed by atoms with van der Waals surface area (Å²) < 4.78 is 5.28. The van der Waals surface area contributed by atoms with Crippen LogP contribution in [-0.4, -0.2) is 24.2 Å². The van der Waals surface area contributed by atoms with Crippen molar-refractivity contribution in [1.29, 1.82) is 0 Å². The number of amides is 2. The Morgan fingerprint density at radius 3 is 2.45 bits per heavy atom. The van der Waals surface area contributed by atoms with Crippen molar-refractivity contribution < 1.29 is 14.3 Å². The zero-order valence-electron chi connectivity index (χ0n) is 17.4. The number of hydrogen-bond donors (Lipinski definition) is 2. The molecule has 158 valence electrons. The van der Waals surface area contributed by atoms with Crippen LogP contribution in [0.1, 0.15) is 12.5 Å². The second-order valence-electron chi connectivity index (χ2n) is 6.71. The lowest BCUT2D eigenvalue weighted by molar-refractivity contribution is -0.115. The van der Waals surface area contributed by atoms with Gasteiger partial charge in [-0.25, -0.2) is 0 Å². The summed E-state index contributed by atoms with van der Waals surface area (Å²) in [6, 6.07) is 24.3. The van der Waals surface area contributed by atoms with Crippen LogP contribution in [-0.2, 0) is 9.59 Å². The van der Waals surface area contributed by atoms with Crippen molar-refractivity contribution >= 4 is 41.0 Å². The Kier molecular flexibility index (Phi) is 7.90. The van der Waals surface area contributed by atoms with Crippen LogP contribution in [0.4, 0.5) is 11.4 Å². The van der Waals surface area contributed by atoms with E-state index < -0.39 is 0 Å². The molecule has 0 bridgehead atoms. The van der Waals surface area contributed by atoms with Gasteiger partial charge in [-0.1, -0.05) is 48.5 Å². The lowest BCUT2D eigenvalue weighted by Gasteiger charge is -2.14. The number of carbonyl (C=O) groups is 2. The first-order valence-electron chi connectivity index (χ1n) is 9.80. The largest absolute Gasteiger partial charge is 0.495 e. The second-order valence-corrected chi connectivity index (χ2v) is 8.12. The number of para-hydroxylation sites is 2. The molecule has 0 saturated carbocycles. The van der Waals surface area contributed by atoms with Gasteiger partial charge in [0.2, 0.25) is 11.8 Å². The van der Waals surface area contributed by atoms with E-state index in [2.05, 4.69) is 10.6 Å². The van der Waals surface area contributed by atoms with E-state index in [9.17, 15) is 9.59 Å². The van der Waals surface area contributed by atoms with Gasteiger partial charge in [0.05, 0.1) is 18.0 Å². The van der Waals surface area contributed by atoms with Crippen molar-refractivity contribution in [3.8, 4) is 5.75 Å². The van der Waals surface area contributed by atoms with Gasteiger partial charge in [-0.2, -0.15) is 0 Å². The van der Waals surface area contributed by atoms with Gasteiger partial charge in [-0.05, 0) is 48.9 Å². The lowest BCUT2D eigenvalue weighted by atomic mass is 10.2. The van der Waals surface area contributed by atoms with E-state index in [4.69, 9.17) is 4.74 Å². The summed E-state index contributed by atoms with van der Waals surface area (Å²) >= 11 is 1.41. The van der Waals surface area contributed by atoms with Crippen molar-refractivity contribution in [2.75, 3.05) is 17.7 Å². The monoisotopic (exact) mass is 432 g/mol. The van der Waals surface area contributed by atoms with Gasteiger partial charge in [-0.15, -0.1) is 11.8 Å². The molecule has 0 saturated heterocycles. The van der Waals surface area contributed by atoms with Gasteiger partial charge in [-0.3, -0.25) is 9.59 Å². The van der Waals surface area contributed by atoms with Crippen LogP contribution in [0.3, 0.4) is 0 Å². The Labute approximate surface area is 186 Å². The summed E-state index contributed by atoms with van der Waals surface area (Å²) in [5.74, 6) is 0.268. The molecule has 3 rings (SSSR count). The maximum absolute atomic E-state index is 12.6. The van der Waals surface area contributed by atoms with E-state index >= 15 is 0 Å². The summed E-state index contributed by atoms with van der Waals surface area (Å²) in [5.41, 5.74) is 2.26. The van der Waals surface area contributed by atoms with Gasteiger partial charge in [0, 0.05) is 16.7 Å². The molecule has 0 radical (unpaired) electrons. The molecule has 31 heavy (non-hydrogen) atoms. The third kappa shape index (κ3) is 6.76. The van der Waals surface area contributed by atoms with Crippen LogP contribution < -0.4 is 15.4 Å². The predicted octanol–water partition coefficient (Wildman–Crippen LogP) is 5.47. The van der Waals surface area contributed by atoms with Gasteiger partial charge in [0.1, 0.15) is 5.75 Å². The second kappa shape index (κ2) is 11.0. The third-order valence-electron chi connectivity index (χ3n) is 4.38. The van der Waals surface area contributed by atoms with E-state index in [1.807, 2.05) is 73.7 Å². The number of nitrogens with one attached hydrogen (secondary N) is 2. The summed E-state index contributed by atoms with van der Waals surface area (Å²) in [7, 11) is 1.57. The van der Waals surface area contributed by atoms with Crippen molar-refractivity contribution in [3.05, 3.63) is 90.5 Å². The number of anilines is 2. The van der Waals surface area contributed by atoms with Crippen molar-refractivity contribution in [3.63, 3.8) is 0 Å². The predicted molar refractivity (Wildman–Crippen MR) is 127 cm³/mol. The van der Waals surface area contributed by atoms with Gasteiger partial charge < -0.3 is 15.4 Å². The van der Waals surface area contributed by atoms with Crippen molar-refractivity contribution in [2.24, 2.45) is 0 Å². The molecule has 2 N–H and O–H groups in total. The highest BCUT2D eigenvalue weighted by molar-refractivity contribution is 8.00. The van der Waals surface area contributed by atoms with Crippen LogP contribution in [0.25, 0.3) is 6.08 Å². The molecule has 2 amide bonds. The number of ether oxygens (including phenoxy) is 1. The molecule has 1 atom stereocenters. The van der Waals surface area contributed by atoms with Crippen LogP contribution in [0.15, 0.2) is 89.8 Å². The van der Waals surface area contributed by atoms with Crippen LogP contribution in [0, 0.1) is 0 Å². The number of benzene rings is 3. The summed E-state index contributed by atoms with van der Waals surface area (Å²) in [6.07, 6.45) is 3.26. The van der Waals surface area contributed by atoms with Gasteiger partial charge in [0.15, 0.2) is 0 Å². The van der Waals surface area contributed by atoms with E-state index in [1.165, 1.54) is 17.8 Å². The minimum absolute atomic E-state index is 0.130. The fourth-order valence-corrected chi connectivity index (χ4v) is 3.73. The molecule has 1 unspecified atom stereocenters. The van der Waals surface area contributed by atoms with E-state index in [0.717, 1.165) is 10.5 Å². The Bertz CT molecular complexity index is 1070. The van der Waals surface area contributed by atoms with Gasteiger partial charge >= 0.3 is 0 Å². The van der Waals surface area contributed by atoms with Crippen molar-refractivity contribution in [1.82, 2.24) is 0 Å².